The molecule has 1 unspecified atom stereocenters. The summed E-state index contributed by atoms with van der Waals surface area (Å²) < 4.78 is 6.59. The summed E-state index contributed by atoms with van der Waals surface area (Å²) in [5, 5.41) is 0. The summed E-state index contributed by atoms with van der Waals surface area (Å²) in [5.74, 6) is 1.26. The predicted octanol–water partition coefficient (Wildman–Crippen LogP) is 12.9. The van der Waals surface area contributed by atoms with Crippen LogP contribution in [0.5, 0.6) is 11.5 Å². The predicted molar refractivity (Wildman–Crippen MR) is 219 cm³/mol. The third-order valence-electron chi connectivity index (χ3n) is 10.5. The number of ether oxygens (including phenoxy) is 1. The van der Waals surface area contributed by atoms with Crippen molar-refractivity contribution in [3.8, 4) is 22.6 Å². The number of anilines is 4. The smallest absolute Gasteiger partial charge is 0.0504 e. The van der Waals surface area contributed by atoms with Gasteiger partial charge in [0.15, 0.2) is 0 Å². The summed E-state index contributed by atoms with van der Waals surface area (Å²) in [4.78, 5) is 9.41. The van der Waals surface area contributed by atoms with E-state index in [0.29, 0.717) is 11.5 Å². The molecule has 2 heterocycles. The molecular weight excluding hydrogens is 842 g/mol. The molecule has 278 valence electrons. The van der Waals surface area contributed by atoms with Gasteiger partial charge in [0.1, 0.15) is 0 Å². The number of hydrogen-bond donors (Lipinski definition) is 0. The maximum atomic E-state index is 6.59. The monoisotopic (exact) mass is 889 g/mol. The van der Waals surface area contributed by atoms with E-state index in [1.165, 1.54) is 33.4 Å². The Bertz CT molecular complexity index is 2310. The first-order valence-corrected chi connectivity index (χ1v) is 18.7. The molecule has 1 aliphatic heterocycles. The Labute approximate surface area is 336 Å². The van der Waals surface area contributed by atoms with E-state index in [4.69, 9.17) is 9.72 Å². The van der Waals surface area contributed by atoms with Crippen LogP contribution in [0.2, 0.25) is 0 Å². The van der Waals surface area contributed by atoms with Crippen LogP contribution in [0.15, 0.2) is 115 Å². The minimum atomic E-state index is -0.0281. The molecule has 1 aromatic heterocycles. The van der Waals surface area contributed by atoms with Gasteiger partial charge in [0, 0.05) is 61.7 Å². The summed E-state index contributed by atoms with van der Waals surface area (Å²) in [6, 6.07) is 46.1. The molecule has 6 aromatic rings. The maximum Gasteiger partial charge on any atom is 0.0504 e. The quantitative estimate of drug-likeness (QED) is 0.161. The molecule has 0 bridgehead atoms. The molecule has 0 saturated carbocycles. The van der Waals surface area contributed by atoms with E-state index in [2.05, 4.69) is 182 Å². The summed E-state index contributed by atoms with van der Waals surface area (Å²) in [6.45, 7) is 22.6. The van der Waals surface area contributed by atoms with E-state index in [1.807, 2.05) is 24.4 Å². The van der Waals surface area contributed by atoms with Crippen LogP contribution in [0, 0.1) is 18.8 Å². The number of benzene rings is 5. The minimum Gasteiger partial charge on any atom is -0.509 e. The third-order valence-corrected chi connectivity index (χ3v) is 10.5. The maximum absolute atomic E-state index is 6.59. The van der Waals surface area contributed by atoms with E-state index in [-0.39, 0.29) is 43.2 Å². The van der Waals surface area contributed by atoms with Gasteiger partial charge in [-0.05, 0) is 74.9 Å². The summed E-state index contributed by atoms with van der Waals surface area (Å²) in [6.07, 6.45) is 1.94. The molecule has 0 saturated heterocycles. The molecule has 0 spiro atoms. The number of para-hydroxylation sites is 2. The van der Waals surface area contributed by atoms with Crippen LogP contribution in [0.4, 0.5) is 22.7 Å². The number of hydrogen-bond acceptors (Lipinski definition) is 4. The number of rotatable bonds is 5. The van der Waals surface area contributed by atoms with Gasteiger partial charge >= 0.3 is 0 Å². The van der Waals surface area contributed by atoms with Gasteiger partial charge in [0.2, 0.25) is 0 Å². The van der Waals surface area contributed by atoms with Crippen molar-refractivity contribution in [3.63, 3.8) is 0 Å². The molecule has 0 amide bonds. The second kappa shape index (κ2) is 13.9. The Kier molecular flexibility index (Phi) is 9.68. The van der Waals surface area contributed by atoms with Crippen molar-refractivity contribution in [2.24, 2.45) is 0 Å². The zero-order valence-electron chi connectivity index (χ0n) is 32.7. The fourth-order valence-electron chi connectivity index (χ4n) is 7.42. The summed E-state index contributed by atoms with van der Waals surface area (Å²) in [5.41, 5.74) is 14.0. The SMILES string of the molecule is CC(C)(C)c1cc(N2[CH-]N(c3[c-]c(Oc4[c-]c5c(cc4)-c4ccccc4C5c4cc(C(C)(C)C)ccn4)ccc3)c3ccccc32)cc(C(C)(C)C)c1.[Pt]. The molecule has 8 rings (SSSR count). The molecule has 2 aliphatic rings. The van der Waals surface area contributed by atoms with Crippen LogP contribution in [-0.4, -0.2) is 4.98 Å². The van der Waals surface area contributed by atoms with Crippen LogP contribution < -0.4 is 14.5 Å². The van der Waals surface area contributed by atoms with Crippen molar-refractivity contribution in [1.82, 2.24) is 4.98 Å². The van der Waals surface area contributed by atoms with Gasteiger partial charge in [0.25, 0.3) is 0 Å². The average molecular weight is 890 g/mol. The number of fused-ring (bicyclic) bond motifs is 4. The standard InChI is InChI=1S/C49H48N3O.Pt/c1-47(2,3)32-23-24-50-43(28-32)46-41-18-11-10-17-39(41)40-22-21-38(30-42(40)46)53-37-16-14-15-35(29-37)51-31-52(45-20-13-12-19-44(45)51)36-26-33(48(4,5)6)25-34(27-36)49(7,8)9;/h10-28,31,46H,1-9H3;/q-3;. The number of nitrogens with zero attached hydrogens (tertiary/aromatic N) is 3. The Morgan fingerprint density at radius 1 is 0.593 bits per heavy atom. The van der Waals surface area contributed by atoms with Gasteiger partial charge in [-0.1, -0.05) is 110 Å². The molecule has 0 radical (unpaired) electrons. The van der Waals surface area contributed by atoms with Gasteiger partial charge in [-0.3, -0.25) is 4.98 Å². The van der Waals surface area contributed by atoms with Crippen LogP contribution in [0.3, 0.4) is 0 Å². The first-order chi connectivity index (χ1) is 25.1. The Hall–Kier alpha value is -4.66. The van der Waals surface area contributed by atoms with Crippen LogP contribution in [0.25, 0.3) is 11.1 Å². The third kappa shape index (κ3) is 7.02. The van der Waals surface area contributed by atoms with Crippen LogP contribution >= 0.6 is 0 Å². The normalized spacial score (nSPS) is 15.0. The van der Waals surface area contributed by atoms with Gasteiger partial charge in [-0.25, -0.2) is 0 Å². The van der Waals surface area contributed by atoms with E-state index in [1.54, 1.807) is 0 Å². The first-order valence-electron chi connectivity index (χ1n) is 18.7. The van der Waals surface area contributed by atoms with Gasteiger partial charge < -0.3 is 14.5 Å². The summed E-state index contributed by atoms with van der Waals surface area (Å²) >= 11 is 0. The van der Waals surface area contributed by atoms with Crippen molar-refractivity contribution >= 4 is 22.7 Å². The molecule has 4 nitrogen and oxygen atoms in total. The van der Waals surface area contributed by atoms with Crippen molar-refractivity contribution in [1.29, 1.82) is 0 Å². The van der Waals surface area contributed by atoms with E-state index < -0.39 is 0 Å². The zero-order chi connectivity index (χ0) is 37.3. The Morgan fingerprint density at radius 3 is 1.91 bits per heavy atom. The fourth-order valence-corrected chi connectivity index (χ4v) is 7.42. The number of aromatic nitrogens is 1. The molecule has 0 fully saturated rings. The van der Waals surface area contributed by atoms with Gasteiger partial charge in [-0.2, -0.15) is 12.1 Å². The van der Waals surface area contributed by atoms with Gasteiger partial charge in [-0.15, -0.1) is 53.8 Å². The molecular formula is C49H48N3OPt-3. The van der Waals surface area contributed by atoms with Crippen molar-refractivity contribution < 1.29 is 25.8 Å². The van der Waals surface area contributed by atoms with E-state index in [9.17, 15) is 0 Å². The molecule has 5 heteroatoms. The van der Waals surface area contributed by atoms with Crippen LogP contribution in [0.1, 0.15) is 102 Å². The minimum absolute atomic E-state index is 0. The fraction of sp³-hybridized carbons (Fsp3) is 0.265. The van der Waals surface area contributed by atoms with E-state index in [0.717, 1.165) is 34.0 Å². The molecule has 5 aromatic carbocycles. The van der Waals surface area contributed by atoms with E-state index >= 15 is 0 Å². The molecule has 54 heavy (non-hydrogen) atoms. The Balaban J connectivity index is 0.00000450. The zero-order valence-corrected chi connectivity index (χ0v) is 35.0. The average Bonchev–Trinajstić information content (AvgIpc) is 3.67. The van der Waals surface area contributed by atoms with Gasteiger partial charge in [0.05, 0.1) is 5.69 Å². The largest absolute Gasteiger partial charge is 0.509 e. The van der Waals surface area contributed by atoms with Crippen molar-refractivity contribution in [2.45, 2.75) is 84.5 Å². The Morgan fingerprint density at radius 2 is 1.22 bits per heavy atom. The van der Waals surface area contributed by atoms with Crippen LogP contribution in [-0.2, 0) is 37.3 Å². The first kappa shape index (κ1) is 37.6. The second-order valence-corrected chi connectivity index (χ2v) is 17.5. The number of pyridine rings is 1. The molecule has 0 N–H and O–H groups in total. The second-order valence-electron chi connectivity index (χ2n) is 17.5. The van der Waals surface area contributed by atoms with Crippen molar-refractivity contribution in [2.75, 3.05) is 9.80 Å². The summed E-state index contributed by atoms with van der Waals surface area (Å²) in [7, 11) is 0. The van der Waals surface area contributed by atoms with Crippen molar-refractivity contribution in [3.05, 3.63) is 168 Å². The topological polar surface area (TPSA) is 28.6 Å². The molecule has 1 atom stereocenters. The molecule has 1 aliphatic carbocycles.